The SMILES string of the molecule is CC(C(=O)NC(C(=O)c1ccccc1)c1ccccc1)N(C)C. The first-order chi connectivity index (χ1) is 11.0. The summed E-state index contributed by atoms with van der Waals surface area (Å²) in [5.74, 6) is -0.288. The van der Waals surface area contributed by atoms with Gasteiger partial charge in [-0.2, -0.15) is 0 Å². The van der Waals surface area contributed by atoms with Crippen molar-refractivity contribution in [2.75, 3.05) is 14.1 Å². The zero-order valence-electron chi connectivity index (χ0n) is 13.7. The highest BCUT2D eigenvalue weighted by atomic mass is 16.2. The van der Waals surface area contributed by atoms with Crippen LogP contribution in [0.1, 0.15) is 28.9 Å². The van der Waals surface area contributed by atoms with Gasteiger partial charge in [-0.05, 0) is 26.6 Å². The molecule has 4 nitrogen and oxygen atoms in total. The summed E-state index contributed by atoms with van der Waals surface area (Å²) in [5, 5.41) is 2.88. The molecule has 2 unspecified atom stereocenters. The molecule has 2 atom stereocenters. The van der Waals surface area contributed by atoms with Gasteiger partial charge in [0, 0.05) is 5.56 Å². The van der Waals surface area contributed by atoms with Gasteiger partial charge < -0.3 is 5.32 Å². The highest BCUT2D eigenvalue weighted by molar-refractivity contribution is 6.02. The van der Waals surface area contributed by atoms with Crippen molar-refractivity contribution in [3.63, 3.8) is 0 Å². The fraction of sp³-hybridized carbons (Fsp3) is 0.263. The van der Waals surface area contributed by atoms with Gasteiger partial charge in [0.1, 0.15) is 6.04 Å². The maximum atomic E-state index is 12.8. The minimum absolute atomic E-state index is 0.115. The molecule has 0 aliphatic heterocycles. The molecule has 0 fully saturated rings. The normalized spacial score (nSPS) is 13.4. The van der Waals surface area contributed by atoms with Crippen LogP contribution in [0.25, 0.3) is 0 Å². The van der Waals surface area contributed by atoms with Gasteiger partial charge in [-0.15, -0.1) is 0 Å². The fourth-order valence-electron chi connectivity index (χ4n) is 2.21. The summed E-state index contributed by atoms with van der Waals surface area (Å²) in [5.41, 5.74) is 1.36. The maximum Gasteiger partial charge on any atom is 0.237 e. The largest absolute Gasteiger partial charge is 0.341 e. The number of nitrogens with one attached hydrogen (secondary N) is 1. The number of amides is 1. The summed E-state index contributed by atoms with van der Waals surface area (Å²) in [6.45, 7) is 1.81. The van der Waals surface area contributed by atoms with Crippen LogP contribution in [0.2, 0.25) is 0 Å². The molecule has 120 valence electrons. The third kappa shape index (κ3) is 4.27. The van der Waals surface area contributed by atoms with Crippen molar-refractivity contribution in [3.8, 4) is 0 Å². The van der Waals surface area contributed by atoms with Crippen LogP contribution in [-0.2, 0) is 4.79 Å². The van der Waals surface area contributed by atoms with Crippen LogP contribution in [0.4, 0.5) is 0 Å². The summed E-state index contributed by atoms with van der Waals surface area (Å²) in [6.07, 6.45) is 0. The van der Waals surface area contributed by atoms with Crippen LogP contribution in [0.5, 0.6) is 0 Å². The molecule has 4 heteroatoms. The van der Waals surface area contributed by atoms with Crippen LogP contribution in [-0.4, -0.2) is 36.7 Å². The molecule has 1 N–H and O–H groups in total. The maximum absolute atomic E-state index is 12.8. The van der Waals surface area contributed by atoms with Gasteiger partial charge in [-0.3, -0.25) is 14.5 Å². The standard InChI is InChI=1S/C19H22N2O2/c1-14(21(2)3)19(23)20-17(15-10-6-4-7-11-15)18(22)16-12-8-5-9-13-16/h4-14,17H,1-3H3,(H,20,23). The Bertz CT molecular complexity index is 654. The number of hydrogen-bond donors (Lipinski definition) is 1. The third-order valence-electron chi connectivity index (χ3n) is 3.89. The molecule has 0 radical (unpaired) electrons. The average Bonchev–Trinajstić information content (AvgIpc) is 2.59. The minimum Gasteiger partial charge on any atom is -0.341 e. The number of likely N-dealkylation sites (N-methyl/N-ethyl adjacent to an activating group) is 1. The van der Waals surface area contributed by atoms with Crippen LogP contribution in [0, 0.1) is 0 Å². The zero-order valence-corrected chi connectivity index (χ0v) is 13.7. The highest BCUT2D eigenvalue weighted by Gasteiger charge is 2.26. The van der Waals surface area contributed by atoms with E-state index in [1.54, 1.807) is 12.1 Å². The number of rotatable bonds is 6. The second-order valence-corrected chi connectivity index (χ2v) is 5.72. The van der Waals surface area contributed by atoms with Crippen molar-refractivity contribution in [2.45, 2.75) is 19.0 Å². The first kappa shape index (κ1) is 16.9. The summed E-state index contributed by atoms with van der Waals surface area (Å²) in [4.78, 5) is 27.1. The topological polar surface area (TPSA) is 49.4 Å². The van der Waals surface area contributed by atoms with Crippen LogP contribution in [0.3, 0.4) is 0 Å². The quantitative estimate of drug-likeness (QED) is 0.835. The van der Waals surface area contributed by atoms with Crippen molar-refractivity contribution in [1.82, 2.24) is 10.2 Å². The number of nitrogens with zero attached hydrogens (tertiary/aromatic N) is 1. The average molecular weight is 310 g/mol. The van der Waals surface area contributed by atoms with Crippen molar-refractivity contribution in [1.29, 1.82) is 0 Å². The number of carbonyl (C=O) groups excluding carboxylic acids is 2. The van der Waals surface area contributed by atoms with E-state index in [0.29, 0.717) is 5.56 Å². The van der Waals surface area contributed by atoms with E-state index < -0.39 is 6.04 Å². The lowest BCUT2D eigenvalue weighted by molar-refractivity contribution is -0.125. The number of Topliss-reactive ketones (excluding diaryl/α,β-unsaturated/α-hetero) is 1. The molecule has 0 spiro atoms. The van der Waals surface area contributed by atoms with E-state index in [0.717, 1.165) is 5.56 Å². The molecule has 0 saturated carbocycles. The zero-order chi connectivity index (χ0) is 16.8. The predicted molar refractivity (Wildman–Crippen MR) is 91.2 cm³/mol. The molecular formula is C19H22N2O2. The number of benzene rings is 2. The smallest absolute Gasteiger partial charge is 0.237 e. The van der Waals surface area contributed by atoms with Crippen molar-refractivity contribution in [2.24, 2.45) is 0 Å². The molecule has 0 saturated heterocycles. The number of ketones is 1. The fourth-order valence-corrected chi connectivity index (χ4v) is 2.21. The van der Waals surface area contributed by atoms with Gasteiger partial charge in [-0.1, -0.05) is 60.7 Å². The molecule has 2 aromatic carbocycles. The second kappa shape index (κ2) is 7.70. The Hall–Kier alpha value is -2.46. The monoisotopic (exact) mass is 310 g/mol. The molecular weight excluding hydrogens is 288 g/mol. The molecule has 0 bridgehead atoms. The number of carbonyl (C=O) groups is 2. The van der Waals surface area contributed by atoms with E-state index in [4.69, 9.17) is 0 Å². The van der Waals surface area contributed by atoms with Crippen molar-refractivity contribution < 1.29 is 9.59 Å². The van der Waals surface area contributed by atoms with Gasteiger partial charge >= 0.3 is 0 Å². The first-order valence-corrected chi connectivity index (χ1v) is 7.61. The van der Waals surface area contributed by atoms with Crippen LogP contribution in [0.15, 0.2) is 60.7 Å². The molecule has 0 heterocycles. The van der Waals surface area contributed by atoms with Gasteiger partial charge in [0.25, 0.3) is 0 Å². The van der Waals surface area contributed by atoms with E-state index >= 15 is 0 Å². The van der Waals surface area contributed by atoms with Gasteiger partial charge in [-0.25, -0.2) is 0 Å². The van der Waals surface area contributed by atoms with E-state index in [2.05, 4.69) is 5.32 Å². The molecule has 23 heavy (non-hydrogen) atoms. The Morgan fingerprint density at radius 1 is 0.913 bits per heavy atom. The Balaban J connectivity index is 2.30. The van der Waals surface area contributed by atoms with Gasteiger partial charge in [0.15, 0.2) is 5.78 Å². The second-order valence-electron chi connectivity index (χ2n) is 5.72. The summed E-state index contributed by atoms with van der Waals surface area (Å²) in [6, 6.07) is 17.3. The molecule has 0 aliphatic carbocycles. The lowest BCUT2D eigenvalue weighted by atomic mass is 9.97. The van der Waals surface area contributed by atoms with E-state index in [1.165, 1.54) is 0 Å². The van der Waals surface area contributed by atoms with E-state index in [9.17, 15) is 9.59 Å². The predicted octanol–water partition coefficient (Wildman–Crippen LogP) is 2.68. The Morgan fingerprint density at radius 2 is 1.43 bits per heavy atom. The molecule has 0 aliphatic rings. The molecule has 2 aromatic rings. The molecule has 2 rings (SSSR count). The Labute approximate surface area is 137 Å². The van der Waals surface area contributed by atoms with E-state index in [1.807, 2.05) is 74.4 Å². The van der Waals surface area contributed by atoms with Crippen LogP contribution < -0.4 is 5.32 Å². The van der Waals surface area contributed by atoms with Crippen molar-refractivity contribution in [3.05, 3.63) is 71.8 Å². The lowest BCUT2D eigenvalue weighted by Gasteiger charge is -2.24. The molecule has 0 aromatic heterocycles. The highest BCUT2D eigenvalue weighted by Crippen LogP contribution is 2.19. The number of hydrogen-bond acceptors (Lipinski definition) is 3. The summed E-state index contributed by atoms with van der Waals surface area (Å²) in [7, 11) is 3.67. The lowest BCUT2D eigenvalue weighted by Crippen LogP contribution is -2.44. The Morgan fingerprint density at radius 3 is 1.96 bits per heavy atom. The Kier molecular flexibility index (Phi) is 5.66. The first-order valence-electron chi connectivity index (χ1n) is 7.61. The van der Waals surface area contributed by atoms with Gasteiger partial charge in [0.05, 0.1) is 6.04 Å². The van der Waals surface area contributed by atoms with Crippen molar-refractivity contribution >= 4 is 11.7 Å². The summed E-state index contributed by atoms with van der Waals surface area (Å²) < 4.78 is 0. The minimum atomic E-state index is -0.687. The van der Waals surface area contributed by atoms with E-state index in [-0.39, 0.29) is 17.7 Å². The summed E-state index contributed by atoms with van der Waals surface area (Å²) >= 11 is 0. The molecule has 1 amide bonds. The van der Waals surface area contributed by atoms with Crippen LogP contribution >= 0.6 is 0 Å². The third-order valence-corrected chi connectivity index (χ3v) is 3.89. The van der Waals surface area contributed by atoms with Gasteiger partial charge in [0.2, 0.25) is 5.91 Å².